The number of ether oxygens (including phenoxy) is 4. The number of hydrogen-bond acceptors (Lipinski definition) is 6. The fraction of sp³-hybridized carbons (Fsp3) is 0.406. The zero-order chi connectivity index (χ0) is 27.8. The summed E-state index contributed by atoms with van der Waals surface area (Å²) in [5.41, 5.74) is 4.55. The van der Waals surface area contributed by atoms with Gasteiger partial charge in [0, 0.05) is 19.1 Å². The number of methoxy groups -OCH3 is 3. The van der Waals surface area contributed by atoms with Crippen molar-refractivity contribution < 1.29 is 23.7 Å². The molecule has 0 bridgehead atoms. The Hall–Kier alpha value is -3.71. The molecule has 3 aromatic rings. The molecule has 1 amide bonds. The normalized spacial score (nSPS) is 15.7. The number of carbonyl (C=O) groups is 1. The topological polar surface area (TPSA) is 69.3 Å². The van der Waals surface area contributed by atoms with Gasteiger partial charge in [0.15, 0.2) is 23.0 Å². The van der Waals surface area contributed by atoms with Crippen LogP contribution in [0.5, 0.6) is 23.0 Å². The highest BCUT2D eigenvalue weighted by atomic mass is 16.5. The van der Waals surface area contributed by atoms with Crippen molar-refractivity contribution in [3.05, 3.63) is 82.9 Å². The largest absolute Gasteiger partial charge is 0.493 e. The molecule has 208 valence electrons. The Morgan fingerprint density at radius 3 is 2.33 bits per heavy atom. The van der Waals surface area contributed by atoms with Crippen LogP contribution in [0.2, 0.25) is 0 Å². The first kappa shape index (κ1) is 28.3. The molecule has 1 aliphatic heterocycles. The van der Waals surface area contributed by atoms with Gasteiger partial charge in [-0.3, -0.25) is 9.69 Å². The fourth-order valence-electron chi connectivity index (χ4n) is 5.01. The van der Waals surface area contributed by atoms with Crippen LogP contribution in [-0.2, 0) is 24.2 Å². The van der Waals surface area contributed by atoms with E-state index in [2.05, 4.69) is 42.3 Å². The minimum Gasteiger partial charge on any atom is -0.493 e. The van der Waals surface area contributed by atoms with Crippen LogP contribution in [0.15, 0.2) is 60.7 Å². The van der Waals surface area contributed by atoms with Crippen molar-refractivity contribution in [2.45, 2.75) is 51.8 Å². The van der Waals surface area contributed by atoms with Gasteiger partial charge in [0.05, 0.1) is 34.0 Å². The van der Waals surface area contributed by atoms with Crippen LogP contribution in [0, 0.1) is 0 Å². The monoisotopic (exact) mass is 532 g/mol. The maximum absolute atomic E-state index is 13.1. The molecule has 3 aromatic carbocycles. The maximum atomic E-state index is 13.1. The van der Waals surface area contributed by atoms with E-state index in [0.29, 0.717) is 31.0 Å². The quantitative estimate of drug-likeness (QED) is 0.339. The van der Waals surface area contributed by atoms with Crippen molar-refractivity contribution in [1.29, 1.82) is 0 Å². The summed E-state index contributed by atoms with van der Waals surface area (Å²) in [4.78, 5) is 15.4. The molecule has 1 N–H and O–H groups in total. The minimum absolute atomic E-state index is 0.00389. The van der Waals surface area contributed by atoms with E-state index in [1.54, 1.807) is 21.3 Å². The third kappa shape index (κ3) is 7.03. The molecule has 39 heavy (non-hydrogen) atoms. The van der Waals surface area contributed by atoms with Gasteiger partial charge in [-0.15, -0.1) is 0 Å². The zero-order valence-electron chi connectivity index (χ0n) is 23.7. The van der Waals surface area contributed by atoms with Crippen LogP contribution in [0.3, 0.4) is 0 Å². The van der Waals surface area contributed by atoms with Gasteiger partial charge in [0.2, 0.25) is 5.91 Å². The average Bonchev–Trinajstić information content (AvgIpc) is 2.97. The second-order valence-corrected chi connectivity index (χ2v) is 9.93. The zero-order valence-corrected chi connectivity index (χ0v) is 23.7. The van der Waals surface area contributed by atoms with E-state index in [9.17, 15) is 4.79 Å². The number of rotatable bonds is 12. The second kappa shape index (κ2) is 13.4. The van der Waals surface area contributed by atoms with Crippen LogP contribution in [0.4, 0.5) is 0 Å². The third-order valence-electron chi connectivity index (χ3n) is 7.35. The molecule has 7 nitrogen and oxygen atoms in total. The van der Waals surface area contributed by atoms with E-state index in [1.807, 2.05) is 42.5 Å². The molecule has 0 aromatic heterocycles. The first-order valence-corrected chi connectivity index (χ1v) is 13.6. The van der Waals surface area contributed by atoms with Crippen molar-refractivity contribution >= 4 is 5.91 Å². The van der Waals surface area contributed by atoms with E-state index >= 15 is 0 Å². The molecule has 7 heteroatoms. The molecule has 0 radical (unpaired) electrons. The summed E-state index contributed by atoms with van der Waals surface area (Å²) in [7, 11) is 4.96. The number of benzene rings is 3. The van der Waals surface area contributed by atoms with Crippen molar-refractivity contribution in [3.8, 4) is 23.0 Å². The van der Waals surface area contributed by atoms with Gasteiger partial charge in [-0.05, 0) is 72.7 Å². The lowest BCUT2D eigenvalue weighted by molar-refractivity contribution is -0.123. The maximum Gasteiger partial charge on any atom is 0.234 e. The van der Waals surface area contributed by atoms with Gasteiger partial charge >= 0.3 is 0 Å². The van der Waals surface area contributed by atoms with Crippen LogP contribution in [-0.4, -0.2) is 51.3 Å². The lowest BCUT2D eigenvalue weighted by atomic mass is 9.88. The van der Waals surface area contributed by atoms with E-state index in [1.165, 1.54) is 5.56 Å². The van der Waals surface area contributed by atoms with Crippen LogP contribution in [0.1, 0.15) is 48.6 Å². The van der Waals surface area contributed by atoms with Gasteiger partial charge in [0.1, 0.15) is 0 Å². The summed E-state index contributed by atoms with van der Waals surface area (Å²) in [6.45, 7) is 5.74. The Labute approximate surface area is 232 Å². The van der Waals surface area contributed by atoms with E-state index in [0.717, 1.165) is 47.6 Å². The molecule has 0 saturated carbocycles. The SMILES string of the molecule is CCC(C)Oc1cc2c(cc1OC)CCN(CC(=O)NCc1ccccc1)C2Cc1ccc(OC)c(OC)c1. The minimum atomic E-state index is -0.0282. The van der Waals surface area contributed by atoms with Crippen molar-refractivity contribution in [1.82, 2.24) is 10.2 Å². The summed E-state index contributed by atoms with van der Waals surface area (Å²) in [6.07, 6.45) is 2.48. The molecule has 4 rings (SSSR count). The summed E-state index contributed by atoms with van der Waals surface area (Å²) < 4.78 is 23.0. The lowest BCUT2D eigenvalue weighted by Crippen LogP contribution is -2.43. The standard InChI is InChI=1S/C32H40N2O5/c1-6-22(2)39-31-19-26-25(18-30(31)38-5)14-15-34(21-32(35)33-20-23-10-8-7-9-11-23)27(26)16-24-12-13-28(36-3)29(17-24)37-4/h7-13,17-19,22,27H,6,14-16,20-21H2,1-5H3,(H,33,35). The molecule has 0 saturated heterocycles. The highest BCUT2D eigenvalue weighted by molar-refractivity contribution is 5.78. The third-order valence-corrected chi connectivity index (χ3v) is 7.35. The molecular weight excluding hydrogens is 492 g/mol. The van der Waals surface area contributed by atoms with E-state index < -0.39 is 0 Å². The smallest absolute Gasteiger partial charge is 0.234 e. The summed E-state index contributed by atoms with van der Waals surface area (Å²) in [5.74, 6) is 2.86. The summed E-state index contributed by atoms with van der Waals surface area (Å²) >= 11 is 0. The summed E-state index contributed by atoms with van der Waals surface area (Å²) in [5, 5.41) is 3.09. The van der Waals surface area contributed by atoms with E-state index in [4.69, 9.17) is 18.9 Å². The Morgan fingerprint density at radius 2 is 1.64 bits per heavy atom. The van der Waals surface area contributed by atoms with Crippen LogP contribution < -0.4 is 24.3 Å². The highest BCUT2D eigenvalue weighted by Crippen LogP contribution is 2.40. The highest BCUT2D eigenvalue weighted by Gasteiger charge is 2.31. The Balaban J connectivity index is 1.64. The Morgan fingerprint density at radius 1 is 0.923 bits per heavy atom. The molecule has 0 spiro atoms. The number of nitrogens with zero attached hydrogens (tertiary/aromatic N) is 1. The molecule has 2 unspecified atom stereocenters. The Kier molecular flexibility index (Phi) is 9.71. The van der Waals surface area contributed by atoms with Gasteiger partial charge in [-0.2, -0.15) is 0 Å². The van der Waals surface area contributed by atoms with Crippen molar-refractivity contribution in [2.75, 3.05) is 34.4 Å². The van der Waals surface area contributed by atoms with Gasteiger partial charge < -0.3 is 24.3 Å². The number of carbonyl (C=O) groups excluding carboxylic acids is 1. The predicted molar refractivity (Wildman–Crippen MR) is 153 cm³/mol. The van der Waals surface area contributed by atoms with Crippen molar-refractivity contribution in [3.63, 3.8) is 0 Å². The van der Waals surface area contributed by atoms with Gasteiger partial charge in [-0.1, -0.05) is 43.3 Å². The first-order valence-electron chi connectivity index (χ1n) is 13.6. The molecule has 1 heterocycles. The van der Waals surface area contributed by atoms with Crippen LogP contribution >= 0.6 is 0 Å². The molecule has 1 aliphatic rings. The van der Waals surface area contributed by atoms with Gasteiger partial charge in [-0.25, -0.2) is 0 Å². The number of nitrogens with one attached hydrogen (secondary N) is 1. The number of fused-ring (bicyclic) bond motifs is 1. The second-order valence-electron chi connectivity index (χ2n) is 9.93. The summed E-state index contributed by atoms with van der Waals surface area (Å²) in [6, 6.07) is 20.2. The lowest BCUT2D eigenvalue weighted by Gasteiger charge is -2.38. The molecule has 2 atom stereocenters. The molecule has 0 aliphatic carbocycles. The molecular formula is C32H40N2O5. The van der Waals surface area contributed by atoms with Gasteiger partial charge in [0.25, 0.3) is 0 Å². The predicted octanol–water partition coefficient (Wildman–Crippen LogP) is 5.35. The fourth-order valence-corrected chi connectivity index (χ4v) is 5.01. The van der Waals surface area contributed by atoms with Crippen LogP contribution in [0.25, 0.3) is 0 Å². The molecule has 0 fully saturated rings. The average molecular weight is 533 g/mol. The first-order chi connectivity index (χ1) is 18.9. The number of amides is 1. The number of hydrogen-bond donors (Lipinski definition) is 1. The van der Waals surface area contributed by atoms with Crippen molar-refractivity contribution in [2.24, 2.45) is 0 Å². The Bertz CT molecular complexity index is 1250. The van der Waals surface area contributed by atoms with E-state index in [-0.39, 0.29) is 18.1 Å².